The largest absolute Gasteiger partial charge is 0.377 e. The first-order chi connectivity index (χ1) is 7.05. The lowest BCUT2D eigenvalue weighted by molar-refractivity contribution is -0.131. The molecule has 1 aliphatic carbocycles. The summed E-state index contributed by atoms with van der Waals surface area (Å²) in [5.41, 5.74) is -0.183. The molecule has 1 amide bonds. The van der Waals surface area contributed by atoms with Crippen LogP contribution in [0.1, 0.15) is 33.6 Å². The average Bonchev–Trinajstić information content (AvgIpc) is 2.87. The number of nitrogens with one attached hydrogen (secondary N) is 1. The fraction of sp³-hybridized carbons (Fsp3) is 0.909. The molecule has 1 heterocycles. The Morgan fingerprint density at radius 1 is 1.60 bits per heavy atom. The average molecular weight is 212 g/mol. The van der Waals surface area contributed by atoms with Gasteiger partial charge in [-0.1, -0.05) is 0 Å². The number of rotatable bonds is 4. The number of carbonyl (C=O) groups excluding carboxylic acids is 1. The molecule has 0 aromatic rings. The summed E-state index contributed by atoms with van der Waals surface area (Å²) in [6, 6.07) is 0. The van der Waals surface area contributed by atoms with Crippen LogP contribution in [0.2, 0.25) is 0 Å². The van der Waals surface area contributed by atoms with Crippen molar-refractivity contribution in [1.29, 1.82) is 0 Å². The molecule has 1 spiro atoms. The van der Waals surface area contributed by atoms with Crippen LogP contribution in [0, 0.1) is 0 Å². The predicted molar refractivity (Wildman–Crippen MR) is 57.4 cm³/mol. The van der Waals surface area contributed by atoms with Crippen LogP contribution in [0.25, 0.3) is 0 Å². The summed E-state index contributed by atoms with van der Waals surface area (Å²) in [5.74, 6) is 0.266. The standard InChI is InChI=1S/C11H20N2O2/c1-8(2)15-7-6-13-9(3)12-11(4-5-11)10(13)14/h8-9,12H,4-7H2,1-3H3. The Bertz CT molecular complexity index is 261. The van der Waals surface area contributed by atoms with Crippen molar-refractivity contribution in [2.75, 3.05) is 13.2 Å². The van der Waals surface area contributed by atoms with Crippen LogP contribution in [-0.2, 0) is 9.53 Å². The molecular weight excluding hydrogens is 192 g/mol. The van der Waals surface area contributed by atoms with Crippen LogP contribution in [0.5, 0.6) is 0 Å². The lowest BCUT2D eigenvalue weighted by Gasteiger charge is -2.21. The Balaban J connectivity index is 1.84. The summed E-state index contributed by atoms with van der Waals surface area (Å²) in [6.45, 7) is 7.39. The quantitative estimate of drug-likeness (QED) is 0.746. The zero-order valence-corrected chi connectivity index (χ0v) is 9.75. The van der Waals surface area contributed by atoms with Gasteiger partial charge in [0.1, 0.15) is 0 Å². The highest BCUT2D eigenvalue weighted by molar-refractivity contribution is 5.91. The molecule has 1 saturated heterocycles. The molecule has 4 heteroatoms. The molecule has 2 fully saturated rings. The Morgan fingerprint density at radius 3 is 2.73 bits per heavy atom. The van der Waals surface area contributed by atoms with Gasteiger partial charge in [0.05, 0.1) is 24.4 Å². The third-order valence-electron chi connectivity index (χ3n) is 3.16. The van der Waals surface area contributed by atoms with E-state index >= 15 is 0 Å². The van der Waals surface area contributed by atoms with Gasteiger partial charge in [-0.05, 0) is 33.6 Å². The number of ether oxygens (including phenoxy) is 1. The summed E-state index contributed by atoms with van der Waals surface area (Å²) < 4.78 is 5.47. The fourth-order valence-electron chi connectivity index (χ4n) is 2.16. The van der Waals surface area contributed by atoms with Gasteiger partial charge in [-0.15, -0.1) is 0 Å². The maximum atomic E-state index is 12.0. The van der Waals surface area contributed by atoms with E-state index in [4.69, 9.17) is 4.74 Å². The second-order valence-electron chi connectivity index (χ2n) is 4.82. The van der Waals surface area contributed by atoms with Crippen LogP contribution < -0.4 is 5.32 Å². The lowest BCUT2D eigenvalue weighted by Crippen LogP contribution is -2.37. The minimum atomic E-state index is -0.183. The number of hydrogen-bond acceptors (Lipinski definition) is 3. The van der Waals surface area contributed by atoms with E-state index in [-0.39, 0.29) is 23.7 Å². The van der Waals surface area contributed by atoms with Crippen molar-refractivity contribution < 1.29 is 9.53 Å². The zero-order valence-electron chi connectivity index (χ0n) is 9.75. The molecule has 1 N–H and O–H groups in total. The molecule has 2 rings (SSSR count). The SMILES string of the molecule is CC(C)OCCN1C(=O)C2(CC2)NC1C. The van der Waals surface area contributed by atoms with Crippen molar-refractivity contribution in [2.45, 2.75) is 51.4 Å². The maximum Gasteiger partial charge on any atom is 0.244 e. The van der Waals surface area contributed by atoms with Crippen LogP contribution >= 0.6 is 0 Å². The van der Waals surface area contributed by atoms with E-state index < -0.39 is 0 Å². The number of nitrogens with zero attached hydrogens (tertiary/aromatic N) is 1. The van der Waals surface area contributed by atoms with Crippen molar-refractivity contribution in [2.24, 2.45) is 0 Å². The highest BCUT2D eigenvalue weighted by Crippen LogP contribution is 2.41. The number of amides is 1. The molecule has 15 heavy (non-hydrogen) atoms. The van der Waals surface area contributed by atoms with Gasteiger partial charge >= 0.3 is 0 Å². The van der Waals surface area contributed by atoms with E-state index in [2.05, 4.69) is 5.32 Å². The molecule has 4 nitrogen and oxygen atoms in total. The van der Waals surface area contributed by atoms with E-state index in [9.17, 15) is 4.79 Å². The molecule has 0 bridgehead atoms. The second-order valence-corrected chi connectivity index (χ2v) is 4.82. The molecule has 1 saturated carbocycles. The Hall–Kier alpha value is -0.610. The normalized spacial score (nSPS) is 28.1. The molecule has 1 aliphatic heterocycles. The fourth-order valence-corrected chi connectivity index (χ4v) is 2.16. The molecular formula is C11H20N2O2. The molecule has 0 aromatic heterocycles. The van der Waals surface area contributed by atoms with Crippen molar-refractivity contribution in [1.82, 2.24) is 10.2 Å². The molecule has 86 valence electrons. The molecule has 1 atom stereocenters. The topological polar surface area (TPSA) is 41.6 Å². The Morgan fingerprint density at radius 2 is 2.27 bits per heavy atom. The van der Waals surface area contributed by atoms with E-state index in [0.717, 1.165) is 12.8 Å². The van der Waals surface area contributed by atoms with Gasteiger partial charge in [0.2, 0.25) is 5.91 Å². The molecule has 2 aliphatic rings. The van der Waals surface area contributed by atoms with E-state index in [1.54, 1.807) is 0 Å². The van der Waals surface area contributed by atoms with E-state index in [0.29, 0.717) is 13.2 Å². The highest BCUT2D eigenvalue weighted by Gasteiger charge is 2.57. The van der Waals surface area contributed by atoms with Gasteiger partial charge in [-0.3, -0.25) is 10.1 Å². The van der Waals surface area contributed by atoms with Gasteiger partial charge in [0.25, 0.3) is 0 Å². The van der Waals surface area contributed by atoms with E-state index in [1.807, 2.05) is 25.7 Å². The highest BCUT2D eigenvalue weighted by atomic mass is 16.5. The first kappa shape index (κ1) is 10.9. The first-order valence-electron chi connectivity index (χ1n) is 5.75. The minimum absolute atomic E-state index is 0.163. The number of hydrogen-bond donors (Lipinski definition) is 1. The van der Waals surface area contributed by atoms with Crippen LogP contribution in [0.3, 0.4) is 0 Å². The first-order valence-corrected chi connectivity index (χ1v) is 5.75. The monoisotopic (exact) mass is 212 g/mol. The summed E-state index contributed by atoms with van der Waals surface area (Å²) in [5, 5.41) is 3.36. The predicted octanol–water partition coefficient (Wildman–Crippen LogP) is 0.722. The van der Waals surface area contributed by atoms with Gasteiger partial charge < -0.3 is 9.64 Å². The Kier molecular flexibility index (Phi) is 2.73. The molecule has 0 radical (unpaired) electrons. The van der Waals surface area contributed by atoms with E-state index in [1.165, 1.54) is 0 Å². The smallest absolute Gasteiger partial charge is 0.244 e. The van der Waals surface area contributed by atoms with Crippen molar-refractivity contribution in [3.05, 3.63) is 0 Å². The summed E-state index contributed by atoms with van der Waals surface area (Å²) in [6.07, 6.45) is 2.40. The van der Waals surface area contributed by atoms with Gasteiger partial charge in [-0.2, -0.15) is 0 Å². The van der Waals surface area contributed by atoms with Crippen molar-refractivity contribution >= 4 is 5.91 Å². The Labute approximate surface area is 91.0 Å². The second kappa shape index (κ2) is 3.76. The lowest BCUT2D eigenvalue weighted by atomic mass is 10.3. The van der Waals surface area contributed by atoms with Crippen LogP contribution in [-0.4, -0.2) is 41.8 Å². The summed E-state index contributed by atoms with van der Waals surface area (Å²) in [4.78, 5) is 13.9. The third-order valence-corrected chi connectivity index (χ3v) is 3.16. The maximum absolute atomic E-state index is 12.0. The van der Waals surface area contributed by atoms with Crippen molar-refractivity contribution in [3.8, 4) is 0 Å². The van der Waals surface area contributed by atoms with Gasteiger partial charge in [0.15, 0.2) is 0 Å². The van der Waals surface area contributed by atoms with Crippen molar-refractivity contribution in [3.63, 3.8) is 0 Å². The molecule has 0 aromatic carbocycles. The molecule has 1 unspecified atom stereocenters. The van der Waals surface area contributed by atoms with Crippen LogP contribution in [0.15, 0.2) is 0 Å². The van der Waals surface area contributed by atoms with Crippen LogP contribution in [0.4, 0.5) is 0 Å². The number of carbonyl (C=O) groups is 1. The summed E-state index contributed by atoms with van der Waals surface area (Å²) >= 11 is 0. The third kappa shape index (κ3) is 2.01. The van der Waals surface area contributed by atoms with Gasteiger partial charge in [-0.25, -0.2) is 0 Å². The summed E-state index contributed by atoms with van der Waals surface area (Å²) in [7, 11) is 0. The zero-order chi connectivity index (χ0) is 11.1. The minimum Gasteiger partial charge on any atom is -0.377 e. The van der Waals surface area contributed by atoms with Gasteiger partial charge in [0, 0.05) is 6.54 Å².